The van der Waals surface area contributed by atoms with E-state index < -0.39 is 0 Å². The van der Waals surface area contributed by atoms with Crippen LogP contribution in [-0.2, 0) is 0 Å². The molecule has 30 aromatic rings. The SMILES string of the molecule is [2H]C.[2H]C.[2H]C.c1ccc(-c2c(-c3c4ccccc4c(-c4ccc(-c5ccccc5)c5c4oc4ccccc45)c4ccccc34)ccc3ccccc23)cc1.c1ccc(-c2cc(-c3c4ccccc4c(-c4cc5ccccc5c5ccccc45)c4ccccc34)c3oc4ccccc4c3c2)cc1.c1ccc(-c2cc(-c3c4ccccc4c(-c4ccc(-c5ccccc5)c5ccccc45)c4ccccc34)c3oc4ccccc4c3c2)cc1. The number of fused-ring (bicyclic) bond motifs is 20. The van der Waals surface area contributed by atoms with Gasteiger partial charge in [0.05, 0.1) is 0 Å². The normalized spacial score (nSPS) is 11.6. The molecule has 148 heavy (non-hydrogen) atoms. The van der Waals surface area contributed by atoms with Crippen molar-refractivity contribution in [2.45, 2.75) is 22.2 Å². The third-order valence-corrected chi connectivity index (χ3v) is 30.0. The first-order valence-corrected chi connectivity index (χ1v) is 49.9. The average molecular weight is 1890 g/mol. The smallest absolute Gasteiger partial charge is 0.143 e. The van der Waals surface area contributed by atoms with E-state index in [2.05, 4.69) is 534 Å². The zero-order chi connectivity index (χ0) is 102. The van der Waals surface area contributed by atoms with E-state index in [1.165, 1.54) is 236 Å². The van der Waals surface area contributed by atoms with Gasteiger partial charge in [-0.15, -0.1) is 0 Å². The van der Waals surface area contributed by atoms with Gasteiger partial charge in [-0.2, -0.15) is 0 Å². The molecule has 27 aromatic carbocycles. The lowest BCUT2D eigenvalue weighted by Crippen LogP contribution is -1.94. The maximum absolute atomic E-state index is 6.84. The van der Waals surface area contributed by atoms with Gasteiger partial charge in [0, 0.05) is 69.8 Å². The zero-order valence-electron chi connectivity index (χ0n) is 85.0. The summed E-state index contributed by atoms with van der Waals surface area (Å²) in [6.07, 6.45) is 0. The van der Waals surface area contributed by atoms with Crippen LogP contribution in [0.4, 0.5) is 0 Å². The van der Waals surface area contributed by atoms with E-state index in [1.807, 2.05) is 0 Å². The van der Waals surface area contributed by atoms with Crippen LogP contribution in [0.1, 0.15) is 26.3 Å². The molecule has 0 saturated carbocycles. The number of para-hydroxylation sites is 3. The highest BCUT2D eigenvalue weighted by molar-refractivity contribution is 6.32. The Kier molecular flexibility index (Phi) is 22.1. The lowest BCUT2D eigenvalue weighted by atomic mass is 9.82. The highest BCUT2D eigenvalue weighted by Crippen LogP contribution is 2.56. The van der Waals surface area contributed by atoms with Crippen molar-refractivity contribution in [1.29, 1.82) is 0 Å². The third kappa shape index (κ3) is 15.0. The van der Waals surface area contributed by atoms with Crippen LogP contribution in [0.3, 0.4) is 0 Å². The van der Waals surface area contributed by atoms with E-state index in [0.717, 1.165) is 82.5 Å². The molecule has 3 nitrogen and oxygen atoms in total. The summed E-state index contributed by atoms with van der Waals surface area (Å²) in [5.74, 6) is 0. The molecule has 0 unspecified atom stereocenters. The number of benzene rings is 27. The molecule has 3 heteroatoms. The summed E-state index contributed by atoms with van der Waals surface area (Å²) < 4.78 is 37.6. The van der Waals surface area contributed by atoms with E-state index in [9.17, 15) is 0 Å². The molecule has 698 valence electrons. The van der Waals surface area contributed by atoms with E-state index in [4.69, 9.17) is 17.4 Å². The van der Waals surface area contributed by atoms with Crippen LogP contribution in [0, 0.1) is 0 Å². The van der Waals surface area contributed by atoms with Gasteiger partial charge in [0.25, 0.3) is 0 Å². The van der Waals surface area contributed by atoms with Crippen LogP contribution >= 0.6 is 0 Å². The van der Waals surface area contributed by atoms with E-state index >= 15 is 0 Å². The second-order valence-electron chi connectivity index (χ2n) is 37.9. The molecule has 0 aliphatic carbocycles. The van der Waals surface area contributed by atoms with Crippen molar-refractivity contribution in [3.05, 3.63) is 534 Å². The van der Waals surface area contributed by atoms with Gasteiger partial charge >= 0.3 is 0 Å². The summed E-state index contributed by atoms with van der Waals surface area (Å²) in [7, 11) is 3.75. The van der Waals surface area contributed by atoms with Gasteiger partial charge in [0.1, 0.15) is 33.5 Å². The van der Waals surface area contributed by atoms with Crippen molar-refractivity contribution in [3.63, 3.8) is 0 Å². The number of rotatable bonds is 11. The van der Waals surface area contributed by atoms with Gasteiger partial charge in [-0.25, -0.2) is 0 Å². The highest BCUT2D eigenvalue weighted by Gasteiger charge is 2.30. The minimum atomic E-state index is 0.899. The molecule has 3 heterocycles. The third-order valence-electron chi connectivity index (χ3n) is 30.0. The Morgan fingerprint density at radius 1 is 0.122 bits per heavy atom. The molecule has 0 amide bonds. The van der Waals surface area contributed by atoms with Gasteiger partial charge in [0.2, 0.25) is 0 Å². The Morgan fingerprint density at radius 3 is 0.818 bits per heavy atom. The van der Waals surface area contributed by atoms with Crippen LogP contribution in [0.25, 0.3) is 296 Å². The van der Waals surface area contributed by atoms with Crippen molar-refractivity contribution in [2.24, 2.45) is 0 Å². The summed E-state index contributed by atoms with van der Waals surface area (Å²) in [6.45, 7) is 0. The largest absolute Gasteiger partial charge is 0.455 e. The number of furan rings is 3. The van der Waals surface area contributed by atoms with Gasteiger partial charge in [-0.3, -0.25) is 0 Å². The molecule has 0 bridgehead atoms. The summed E-state index contributed by atoms with van der Waals surface area (Å²) in [4.78, 5) is 0. The lowest BCUT2D eigenvalue weighted by molar-refractivity contribution is 0.670. The molecule has 0 radical (unpaired) electrons. The standard InChI is InChI=1S/2C48H30O.C46H28O.3CH4/c1-3-15-31(16-4-1)35-29-30-42(48-47(35)40-25-13-14-26-43(40)49-48)46-38-23-11-9-21-36(38)45(37-22-10-12-24-39(37)46)41-28-27-32-17-7-8-20-34(32)44(41)33-18-5-2-6-19-33;1-3-15-31(16-4-1)33-29-43-37-21-13-14-26-45(37)49-48(43)44(30-33)47-40-24-11-9-22-38(40)46(39-23-10-12-25-41(39)47)42-28-27-34(32-17-5-2-6-18-32)35-19-7-8-20-36(35)42;1-2-14-29(15-3-1)31-27-41-35-20-12-13-25-43(35)47-46(41)42(28-31)45-38-23-10-8-21-36(38)44(37-22-9-11-24-39(37)45)40-26-30-16-4-5-17-32(30)33-18-6-7-19-34(33)40;;;/h2*1-30H;1-28H;3*1H4/i;;;3*1D. The molecular weight excluding hydrogens is 1790 g/mol. The maximum atomic E-state index is 6.84. The Labute approximate surface area is 863 Å². The van der Waals surface area contributed by atoms with E-state index in [0.29, 0.717) is 0 Å². The molecule has 0 aliphatic heterocycles. The van der Waals surface area contributed by atoms with Crippen molar-refractivity contribution >= 4 is 174 Å². The predicted octanol–water partition coefficient (Wildman–Crippen LogP) is 42.5. The Hall–Kier alpha value is -19.1. The van der Waals surface area contributed by atoms with Crippen LogP contribution < -0.4 is 0 Å². The average Bonchev–Trinajstić information content (AvgIpc) is 1.68. The van der Waals surface area contributed by atoms with E-state index in [1.54, 1.807) is 0 Å². The molecule has 0 saturated heterocycles. The molecular formula is C145H100O3. The first-order valence-electron chi connectivity index (χ1n) is 52.9. The molecule has 0 N–H and O–H groups in total. The van der Waals surface area contributed by atoms with Crippen molar-refractivity contribution in [1.82, 2.24) is 0 Å². The first kappa shape index (κ1) is 86.8. The van der Waals surface area contributed by atoms with Crippen LogP contribution in [0.15, 0.2) is 547 Å². The van der Waals surface area contributed by atoms with Crippen LogP contribution in [0.2, 0.25) is 0 Å². The minimum absolute atomic E-state index is 0.899. The van der Waals surface area contributed by atoms with Gasteiger partial charge < -0.3 is 13.3 Å². The van der Waals surface area contributed by atoms with Gasteiger partial charge in [-0.05, 0) is 251 Å². The molecule has 0 atom stereocenters. The molecule has 0 spiro atoms. The fourth-order valence-electron chi connectivity index (χ4n) is 23.7. The highest BCUT2D eigenvalue weighted by atomic mass is 16.3. The van der Waals surface area contributed by atoms with E-state index in [-0.39, 0.29) is 0 Å². The molecule has 3 aromatic heterocycles. The minimum Gasteiger partial charge on any atom is -0.455 e. The summed E-state index contributed by atoms with van der Waals surface area (Å²) in [5.41, 5.74) is 31.9. The summed E-state index contributed by atoms with van der Waals surface area (Å²) in [5, 5.41) is 31.5. The number of hydrogen-bond acceptors (Lipinski definition) is 3. The monoisotopic (exact) mass is 1890 g/mol. The zero-order valence-corrected chi connectivity index (χ0v) is 82.0. The van der Waals surface area contributed by atoms with Crippen molar-refractivity contribution in [3.8, 4) is 122 Å². The molecule has 30 rings (SSSR count). The Morgan fingerprint density at radius 2 is 0.385 bits per heavy atom. The summed E-state index contributed by atoms with van der Waals surface area (Å²) in [6, 6.07) is 193. The van der Waals surface area contributed by atoms with Crippen molar-refractivity contribution in [2.75, 3.05) is 0 Å². The fourth-order valence-corrected chi connectivity index (χ4v) is 23.7. The first-order chi connectivity index (χ1) is 75.0. The number of hydrogen-bond donors (Lipinski definition) is 0. The van der Waals surface area contributed by atoms with Gasteiger partial charge in [0.15, 0.2) is 0 Å². The Bertz CT molecular complexity index is 10300. The predicted molar refractivity (Wildman–Crippen MR) is 636 cm³/mol. The fraction of sp³-hybridized carbons (Fsp3) is 0.0207. The molecule has 0 fully saturated rings. The van der Waals surface area contributed by atoms with Crippen molar-refractivity contribution < 1.29 is 17.4 Å². The van der Waals surface area contributed by atoms with Crippen LogP contribution in [0.5, 0.6) is 0 Å². The van der Waals surface area contributed by atoms with Gasteiger partial charge in [-0.1, -0.05) is 501 Å². The second kappa shape index (κ2) is 37.7. The maximum Gasteiger partial charge on any atom is 0.143 e. The quantitative estimate of drug-likeness (QED) is 0.0957. The van der Waals surface area contributed by atoms with Crippen LogP contribution in [-0.4, -0.2) is 0 Å². The molecule has 0 aliphatic rings. The second-order valence-corrected chi connectivity index (χ2v) is 37.9. The topological polar surface area (TPSA) is 39.4 Å². The Balaban J connectivity index is 0.000000114. The summed E-state index contributed by atoms with van der Waals surface area (Å²) >= 11 is 0. The lowest BCUT2D eigenvalue weighted by Gasteiger charge is -2.21.